The predicted octanol–water partition coefficient (Wildman–Crippen LogP) is 3.47. The Hall–Kier alpha value is -3.71. The number of rotatable bonds is 6. The molecule has 0 spiro atoms. The lowest BCUT2D eigenvalue weighted by atomic mass is 9.96. The van der Waals surface area contributed by atoms with Crippen LogP contribution in [-0.2, 0) is 25.9 Å². The van der Waals surface area contributed by atoms with E-state index >= 15 is 0 Å². The summed E-state index contributed by atoms with van der Waals surface area (Å²) in [6.45, 7) is 0.978. The van der Waals surface area contributed by atoms with Crippen molar-refractivity contribution in [1.29, 1.82) is 0 Å². The van der Waals surface area contributed by atoms with Gasteiger partial charge in [0.05, 0.1) is 11.2 Å². The predicted molar refractivity (Wildman–Crippen MR) is 126 cm³/mol. The van der Waals surface area contributed by atoms with Gasteiger partial charge >= 0.3 is 0 Å². The third-order valence-corrected chi connectivity index (χ3v) is 6.07. The van der Waals surface area contributed by atoms with Crippen LogP contribution in [0.2, 0.25) is 0 Å². The van der Waals surface area contributed by atoms with Crippen molar-refractivity contribution < 1.29 is 4.79 Å². The van der Waals surface area contributed by atoms with Gasteiger partial charge in [0.1, 0.15) is 5.82 Å². The first-order valence-electron chi connectivity index (χ1n) is 11.0. The average molecular weight is 427 g/mol. The lowest BCUT2D eigenvalue weighted by molar-refractivity contribution is 0.100. The van der Waals surface area contributed by atoms with Crippen molar-refractivity contribution in [3.8, 4) is 5.95 Å². The summed E-state index contributed by atoms with van der Waals surface area (Å²) in [6, 6.07) is 17.7. The minimum Gasteiger partial charge on any atom is -0.366 e. The van der Waals surface area contributed by atoms with Crippen LogP contribution in [0, 0.1) is 0 Å². The molecule has 0 aliphatic heterocycles. The Kier molecular flexibility index (Phi) is 5.33. The van der Waals surface area contributed by atoms with Crippen LogP contribution in [0.1, 0.15) is 45.7 Å². The van der Waals surface area contributed by atoms with Gasteiger partial charge in [-0.25, -0.2) is 4.98 Å². The maximum Gasteiger partial charge on any atom is 0.249 e. The van der Waals surface area contributed by atoms with E-state index in [4.69, 9.17) is 21.4 Å². The van der Waals surface area contributed by atoms with E-state index in [2.05, 4.69) is 17.4 Å². The zero-order valence-electron chi connectivity index (χ0n) is 17.8. The standard InChI is InChI=1S/C25H26N6O/c26-14-17-13-20-18(23(27)32)10-6-12-22(20)31(17)25-29-21-11-5-4-9-19(21)24(30-25)28-15-16-7-2-1-3-8-16/h1-3,6-8,10,12-13H,4-5,9,11,14-15,26H2,(H2,27,32)(H,28,29,30). The van der Waals surface area contributed by atoms with E-state index in [1.54, 1.807) is 6.07 Å². The lowest BCUT2D eigenvalue weighted by Crippen LogP contribution is -2.17. The number of aryl methyl sites for hydroxylation is 1. The highest BCUT2D eigenvalue weighted by molar-refractivity contribution is 6.06. The van der Waals surface area contributed by atoms with Gasteiger partial charge in [0.2, 0.25) is 11.9 Å². The molecule has 1 aliphatic rings. The lowest BCUT2D eigenvalue weighted by Gasteiger charge is -2.21. The molecule has 32 heavy (non-hydrogen) atoms. The SMILES string of the molecule is NCc1cc2c(C(N)=O)cccc2n1-c1nc2c(c(NCc3ccccc3)n1)CCCC2. The van der Waals surface area contributed by atoms with Crippen molar-refractivity contribution in [2.45, 2.75) is 38.8 Å². The highest BCUT2D eigenvalue weighted by atomic mass is 16.1. The van der Waals surface area contributed by atoms with E-state index in [0.29, 0.717) is 24.6 Å². The van der Waals surface area contributed by atoms with Gasteiger partial charge in [-0.05, 0) is 49.4 Å². The molecule has 2 heterocycles. The molecular weight excluding hydrogens is 400 g/mol. The highest BCUT2D eigenvalue weighted by Gasteiger charge is 2.21. The minimum atomic E-state index is -0.465. The second kappa shape index (κ2) is 8.43. The summed E-state index contributed by atoms with van der Waals surface area (Å²) in [6.07, 6.45) is 4.14. The average Bonchev–Trinajstić information content (AvgIpc) is 3.21. The molecule has 5 N–H and O–H groups in total. The van der Waals surface area contributed by atoms with E-state index < -0.39 is 5.91 Å². The monoisotopic (exact) mass is 426 g/mol. The number of nitrogens with one attached hydrogen (secondary N) is 1. The molecule has 1 aliphatic carbocycles. The van der Waals surface area contributed by atoms with Crippen LogP contribution < -0.4 is 16.8 Å². The number of benzene rings is 2. The van der Waals surface area contributed by atoms with E-state index in [9.17, 15) is 4.79 Å². The molecule has 0 saturated carbocycles. The molecule has 5 rings (SSSR count). The molecule has 0 bridgehead atoms. The molecule has 4 aromatic rings. The zero-order chi connectivity index (χ0) is 22.1. The number of hydrogen-bond acceptors (Lipinski definition) is 5. The Morgan fingerprint density at radius 1 is 1.03 bits per heavy atom. The number of primary amides is 1. The first-order valence-corrected chi connectivity index (χ1v) is 11.0. The van der Waals surface area contributed by atoms with E-state index in [1.165, 1.54) is 11.1 Å². The van der Waals surface area contributed by atoms with Crippen molar-refractivity contribution in [3.63, 3.8) is 0 Å². The second-order valence-electron chi connectivity index (χ2n) is 8.12. The first kappa shape index (κ1) is 20.2. The van der Waals surface area contributed by atoms with Crippen molar-refractivity contribution >= 4 is 22.6 Å². The third kappa shape index (κ3) is 3.61. The maximum absolute atomic E-state index is 12.0. The molecule has 0 unspecified atom stereocenters. The molecular formula is C25H26N6O. The normalized spacial score (nSPS) is 13.2. The Labute approximate surface area is 186 Å². The summed E-state index contributed by atoms with van der Waals surface area (Å²) in [7, 11) is 0. The molecule has 0 fully saturated rings. The van der Waals surface area contributed by atoms with Gasteiger partial charge in [-0.15, -0.1) is 0 Å². The molecule has 7 nitrogen and oxygen atoms in total. The van der Waals surface area contributed by atoms with Crippen LogP contribution in [0.15, 0.2) is 54.6 Å². The van der Waals surface area contributed by atoms with Crippen molar-refractivity contribution in [2.75, 3.05) is 5.32 Å². The molecule has 0 radical (unpaired) electrons. The molecule has 0 atom stereocenters. The van der Waals surface area contributed by atoms with Crippen molar-refractivity contribution in [1.82, 2.24) is 14.5 Å². The first-order chi connectivity index (χ1) is 15.7. The molecule has 1 amide bonds. The Morgan fingerprint density at radius 3 is 2.62 bits per heavy atom. The van der Waals surface area contributed by atoms with Gasteiger partial charge in [0, 0.05) is 35.3 Å². The Bertz CT molecular complexity index is 1300. The topological polar surface area (TPSA) is 112 Å². The second-order valence-corrected chi connectivity index (χ2v) is 8.12. The summed E-state index contributed by atoms with van der Waals surface area (Å²) in [5.74, 6) is 0.968. The van der Waals surface area contributed by atoms with E-state index in [1.807, 2.05) is 41.0 Å². The molecule has 7 heteroatoms. The molecule has 0 saturated heterocycles. The van der Waals surface area contributed by atoms with E-state index in [-0.39, 0.29) is 0 Å². The Morgan fingerprint density at radius 2 is 1.84 bits per heavy atom. The molecule has 2 aromatic carbocycles. The fraction of sp³-hybridized carbons (Fsp3) is 0.240. The summed E-state index contributed by atoms with van der Waals surface area (Å²) in [5.41, 5.74) is 17.3. The fourth-order valence-corrected chi connectivity index (χ4v) is 4.50. The molecule has 162 valence electrons. The summed E-state index contributed by atoms with van der Waals surface area (Å²) in [4.78, 5) is 21.9. The van der Waals surface area contributed by atoms with Gasteiger partial charge in [-0.1, -0.05) is 36.4 Å². The number of hydrogen-bond donors (Lipinski definition) is 3. The van der Waals surface area contributed by atoms with E-state index in [0.717, 1.165) is 53.8 Å². The third-order valence-electron chi connectivity index (χ3n) is 6.07. The number of aromatic nitrogens is 3. The van der Waals surface area contributed by atoms with Gasteiger partial charge in [-0.3, -0.25) is 9.36 Å². The smallest absolute Gasteiger partial charge is 0.249 e. The Balaban J connectivity index is 1.64. The minimum absolute atomic E-state index is 0.292. The fourth-order valence-electron chi connectivity index (χ4n) is 4.50. The largest absolute Gasteiger partial charge is 0.366 e. The number of amides is 1. The van der Waals surface area contributed by atoms with Crippen LogP contribution >= 0.6 is 0 Å². The summed E-state index contributed by atoms with van der Waals surface area (Å²) in [5, 5.41) is 4.30. The molecule has 2 aromatic heterocycles. The summed E-state index contributed by atoms with van der Waals surface area (Å²) < 4.78 is 1.95. The van der Waals surface area contributed by atoms with Crippen molar-refractivity contribution in [2.24, 2.45) is 11.5 Å². The van der Waals surface area contributed by atoms with Gasteiger partial charge in [0.25, 0.3) is 0 Å². The number of anilines is 1. The highest BCUT2D eigenvalue weighted by Crippen LogP contribution is 2.30. The van der Waals surface area contributed by atoms with Crippen LogP contribution in [0.4, 0.5) is 5.82 Å². The maximum atomic E-state index is 12.0. The zero-order valence-corrected chi connectivity index (χ0v) is 17.8. The quantitative estimate of drug-likeness (QED) is 0.437. The van der Waals surface area contributed by atoms with Crippen LogP contribution in [0.25, 0.3) is 16.9 Å². The number of carbonyl (C=O) groups is 1. The van der Waals surface area contributed by atoms with Gasteiger partial charge in [-0.2, -0.15) is 4.98 Å². The van der Waals surface area contributed by atoms with Crippen molar-refractivity contribution in [3.05, 3.63) is 82.7 Å². The van der Waals surface area contributed by atoms with Crippen LogP contribution in [0.3, 0.4) is 0 Å². The number of carbonyl (C=O) groups excluding carboxylic acids is 1. The van der Waals surface area contributed by atoms with Crippen LogP contribution in [-0.4, -0.2) is 20.4 Å². The number of nitrogens with zero attached hydrogens (tertiary/aromatic N) is 3. The van der Waals surface area contributed by atoms with Gasteiger partial charge < -0.3 is 16.8 Å². The van der Waals surface area contributed by atoms with Gasteiger partial charge in [0.15, 0.2) is 0 Å². The number of fused-ring (bicyclic) bond motifs is 2. The summed E-state index contributed by atoms with van der Waals surface area (Å²) >= 11 is 0. The van der Waals surface area contributed by atoms with Crippen LogP contribution in [0.5, 0.6) is 0 Å². The number of nitrogens with two attached hydrogens (primary N) is 2.